The molecule has 0 unspecified atom stereocenters. The van der Waals surface area contributed by atoms with Crippen molar-refractivity contribution in [2.45, 2.75) is 20.0 Å². The summed E-state index contributed by atoms with van der Waals surface area (Å²) in [4.78, 5) is 30.4. The average Bonchev–Trinajstić information content (AvgIpc) is 3.00. The molecular formula is C16H18N2O3S. The van der Waals surface area contributed by atoms with Crippen molar-refractivity contribution in [3.05, 3.63) is 55.6 Å². The van der Waals surface area contributed by atoms with Gasteiger partial charge in [0, 0.05) is 17.1 Å². The van der Waals surface area contributed by atoms with E-state index in [2.05, 4.69) is 4.98 Å². The van der Waals surface area contributed by atoms with Crippen molar-refractivity contribution in [1.82, 2.24) is 9.88 Å². The molecule has 3 rings (SSSR count). The zero-order chi connectivity index (χ0) is 15.7. The molecule has 1 amide bonds. The number of hydrogen-bond acceptors (Lipinski definition) is 4. The number of thiophene rings is 1. The summed E-state index contributed by atoms with van der Waals surface area (Å²) in [6.07, 6.45) is -0.109. The molecule has 1 atom stereocenters. The Morgan fingerprint density at radius 2 is 2.27 bits per heavy atom. The summed E-state index contributed by atoms with van der Waals surface area (Å²) < 4.78 is 5.75. The van der Waals surface area contributed by atoms with E-state index in [-0.39, 0.29) is 23.1 Å². The molecular weight excluding hydrogens is 300 g/mol. The quantitative estimate of drug-likeness (QED) is 0.924. The predicted molar refractivity (Wildman–Crippen MR) is 85.5 cm³/mol. The fraction of sp³-hybridized carbons (Fsp3) is 0.375. The summed E-state index contributed by atoms with van der Waals surface area (Å²) in [5.41, 5.74) is 1.39. The maximum atomic E-state index is 12.7. The number of aromatic nitrogens is 1. The maximum absolute atomic E-state index is 12.7. The number of carbonyl (C=O) groups is 1. The standard InChI is InChI=1S/C16H18N2O3S/c1-10-8-11(2)17-15(19)14(10)16(20)18-5-6-21-12(9-18)13-4-3-7-22-13/h3-4,7-8,12H,5-6,9H2,1-2H3,(H,17,19)/t12-/m1/s1. The van der Waals surface area contributed by atoms with E-state index in [0.717, 1.165) is 10.6 Å². The van der Waals surface area contributed by atoms with Crippen molar-refractivity contribution in [2.24, 2.45) is 0 Å². The first-order valence-electron chi connectivity index (χ1n) is 7.21. The first kappa shape index (κ1) is 15.0. The number of aryl methyl sites for hydroxylation is 2. The first-order chi connectivity index (χ1) is 10.6. The summed E-state index contributed by atoms with van der Waals surface area (Å²) in [7, 11) is 0. The largest absolute Gasteiger partial charge is 0.369 e. The molecule has 5 nitrogen and oxygen atoms in total. The summed E-state index contributed by atoms with van der Waals surface area (Å²) >= 11 is 1.62. The van der Waals surface area contributed by atoms with Crippen molar-refractivity contribution in [2.75, 3.05) is 19.7 Å². The van der Waals surface area contributed by atoms with E-state index in [9.17, 15) is 9.59 Å². The lowest BCUT2D eigenvalue weighted by Gasteiger charge is -2.32. The van der Waals surface area contributed by atoms with Gasteiger partial charge in [0.25, 0.3) is 11.5 Å². The third-order valence-corrected chi connectivity index (χ3v) is 4.76. The van der Waals surface area contributed by atoms with Crippen LogP contribution in [0.2, 0.25) is 0 Å². The molecule has 1 saturated heterocycles. The van der Waals surface area contributed by atoms with Crippen LogP contribution in [-0.4, -0.2) is 35.5 Å². The molecule has 1 aliphatic heterocycles. The van der Waals surface area contributed by atoms with Gasteiger partial charge in [-0.2, -0.15) is 0 Å². The van der Waals surface area contributed by atoms with Crippen LogP contribution in [0.3, 0.4) is 0 Å². The van der Waals surface area contributed by atoms with E-state index in [4.69, 9.17) is 4.74 Å². The van der Waals surface area contributed by atoms with Gasteiger partial charge < -0.3 is 14.6 Å². The van der Waals surface area contributed by atoms with E-state index in [1.807, 2.05) is 30.5 Å². The molecule has 0 aliphatic carbocycles. The van der Waals surface area contributed by atoms with Crippen LogP contribution in [0.25, 0.3) is 0 Å². The maximum Gasteiger partial charge on any atom is 0.261 e. The number of ether oxygens (including phenoxy) is 1. The Bertz CT molecular complexity index is 736. The van der Waals surface area contributed by atoms with Crippen molar-refractivity contribution in [1.29, 1.82) is 0 Å². The number of pyridine rings is 1. The number of amides is 1. The zero-order valence-corrected chi connectivity index (χ0v) is 13.4. The second-order valence-corrected chi connectivity index (χ2v) is 6.44. The van der Waals surface area contributed by atoms with E-state index in [1.165, 1.54) is 0 Å². The van der Waals surface area contributed by atoms with Crippen LogP contribution >= 0.6 is 11.3 Å². The number of nitrogens with zero attached hydrogens (tertiary/aromatic N) is 1. The Hall–Kier alpha value is -1.92. The van der Waals surface area contributed by atoms with Crippen LogP contribution in [0.1, 0.15) is 32.6 Å². The molecule has 2 aromatic heterocycles. The Labute approximate surface area is 132 Å². The number of rotatable bonds is 2. The highest BCUT2D eigenvalue weighted by Gasteiger charge is 2.28. The van der Waals surface area contributed by atoms with Gasteiger partial charge in [0.15, 0.2) is 0 Å². The molecule has 22 heavy (non-hydrogen) atoms. The summed E-state index contributed by atoms with van der Waals surface area (Å²) in [6, 6.07) is 5.80. The van der Waals surface area contributed by atoms with Gasteiger partial charge in [0.05, 0.1) is 13.2 Å². The molecule has 0 saturated carbocycles. The SMILES string of the molecule is Cc1cc(C)c(C(=O)N2CCO[C@@H](c3cccs3)C2)c(=O)[nH]1. The van der Waals surface area contributed by atoms with E-state index in [1.54, 1.807) is 23.2 Å². The highest BCUT2D eigenvalue weighted by Crippen LogP contribution is 2.26. The van der Waals surface area contributed by atoms with E-state index in [0.29, 0.717) is 25.3 Å². The molecule has 3 heterocycles. The Kier molecular flexibility index (Phi) is 4.13. The van der Waals surface area contributed by atoms with E-state index < -0.39 is 0 Å². The first-order valence-corrected chi connectivity index (χ1v) is 8.09. The number of hydrogen-bond donors (Lipinski definition) is 1. The second-order valence-electron chi connectivity index (χ2n) is 5.47. The summed E-state index contributed by atoms with van der Waals surface area (Å²) in [5, 5.41) is 1.99. The topological polar surface area (TPSA) is 62.4 Å². The number of H-pyrrole nitrogens is 1. The van der Waals surface area contributed by atoms with Crippen LogP contribution in [-0.2, 0) is 4.74 Å². The van der Waals surface area contributed by atoms with Crippen LogP contribution in [0.4, 0.5) is 0 Å². The minimum absolute atomic E-state index is 0.109. The highest BCUT2D eigenvalue weighted by molar-refractivity contribution is 7.10. The minimum atomic E-state index is -0.318. The third kappa shape index (κ3) is 2.84. The van der Waals surface area contributed by atoms with Crippen LogP contribution in [0.5, 0.6) is 0 Å². The van der Waals surface area contributed by atoms with Gasteiger partial charge in [-0.1, -0.05) is 6.07 Å². The lowest BCUT2D eigenvalue weighted by Crippen LogP contribution is -2.44. The van der Waals surface area contributed by atoms with Gasteiger partial charge in [-0.25, -0.2) is 0 Å². The third-order valence-electron chi connectivity index (χ3n) is 3.79. The molecule has 2 aromatic rings. The fourth-order valence-electron chi connectivity index (χ4n) is 2.76. The van der Waals surface area contributed by atoms with Gasteiger partial charge in [-0.3, -0.25) is 9.59 Å². The van der Waals surface area contributed by atoms with Crippen molar-refractivity contribution < 1.29 is 9.53 Å². The van der Waals surface area contributed by atoms with Gasteiger partial charge in [-0.05, 0) is 36.9 Å². The van der Waals surface area contributed by atoms with Gasteiger partial charge in [0.2, 0.25) is 0 Å². The van der Waals surface area contributed by atoms with Crippen molar-refractivity contribution in [3.8, 4) is 0 Å². The van der Waals surface area contributed by atoms with Gasteiger partial charge >= 0.3 is 0 Å². The predicted octanol–water partition coefficient (Wildman–Crippen LogP) is 2.27. The van der Waals surface area contributed by atoms with Gasteiger partial charge in [-0.15, -0.1) is 11.3 Å². The Morgan fingerprint density at radius 1 is 1.45 bits per heavy atom. The number of nitrogens with one attached hydrogen (secondary N) is 1. The van der Waals surface area contributed by atoms with Crippen LogP contribution < -0.4 is 5.56 Å². The number of carbonyl (C=O) groups excluding carboxylic acids is 1. The van der Waals surface area contributed by atoms with Gasteiger partial charge in [0.1, 0.15) is 11.7 Å². The van der Waals surface area contributed by atoms with Crippen LogP contribution in [0, 0.1) is 13.8 Å². The highest BCUT2D eigenvalue weighted by atomic mass is 32.1. The lowest BCUT2D eigenvalue weighted by molar-refractivity contribution is -0.0212. The molecule has 1 N–H and O–H groups in total. The fourth-order valence-corrected chi connectivity index (χ4v) is 3.52. The normalized spacial score (nSPS) is 18.5. The number of aromatic amines is 1. The van der Waals surface area contributed by atoms with Crippen molar-refractivity contribution in [3.63, 3.8) is 0 Å². The molecule has 0 aromatic carbocycles. The average molecular weight is 318 g/mol. The Morgan fingerprint density at radius 3 is 2.95 bits per heavy atom. The molecule has 6 heteroatoms. The summed E-state index contributed by atoms with van der Waals surface area (Å²) in [6.45, 7) is 5.08. The molecule has 116 valence electrons. The molecule has 0 spiro atoms. The number of morpholine rings is 1. The minimum Gasteiger partial charge on any atom is -0.369 e. The molecule has 1 fully saturated rings. The molecule has 0 bridgehead atoms. The molecule has 1 aliphatic rings. The summed E-state index contributed by atoms with van der Waals surface area (Å²) in [5.74, 6) is -0.219. The second kappa shape index (κ2) is 6.06. The smallest absolute Gasteiger partial charge is 0.261 e. The van der Waals surface area contributed by atoms with E-state index >= 15 is 0 Å². The van der Waals surface area contributed by atoms with Crippen LogP contribution in [0.15, 0.2) is 28.4 Å². The lowest BCUT2D eigenvalue weighted by atomic mass is 10.1. The molecule has 0 radical (unpaired) electrons. The van der Waals surface area contributed by atoms with Crippen molar-refractivity contribution >= 4 is 17.2 Å². The zero-order valence-electron chi connectivity index (χ0n) is 12.6. The Balaban J connectivity index is 1.85. The monoisotopic (exact) mass is 318 g/mol.